The molecule has 0 aliphatic carbocycles. The van der Waals surface area contributed by atoms with E-state index in [1.54, 1.807) is 11.3 Å². The Labute approximate surface area is 122 Å². The molecule has 110 valence electrons. The molecule has 1 aromatic rings. The smallest absolute Gasteiger partial charge is 0.327 e. The summed E-state index contributed by atoms with van der Waals surface area (Å²) >= 11 is 1.57. The van der Waals surface area contributed by atoms with Gasteiger partial charge in [-0.1, -0.05) is 19.9 Å². The van der Waals surface area contributed by atoms with E-state index < -0.39 is 17.4 Å². The van der Waals surface area contributed by atoms with Crippen molar-refractivity contribution in [1.82, 2.24) is 10.2 Å². The number of nitrogens with one attached hydrogen (secondary N) is 1. The predicted octanol–water partition coefficient (Wildman–Crippen LogP) is 2.53. The minimum absolute atomic E-state index is 0.293. The van der Waals surface area contributed by atoms with Crippen molar-refractivity contribution in [2.45, 2.75) is 39.3 Å². The fourth-order valence-electron chi connectivity index (χ4n) is 2.76. The van der Waals surface area contributed by atoms with Gasteiger partial charge in [0.05, 0.1) is 6.54 Å². The highest BCUT2D eigenvalue weighted by Gasteiger charge is 2.44. The number of carboxylic acids is 1. The van der Waals surface area contributed by atoms with E-state index in [1.165, 1.54) is 4.90 Å². The maximum absolute atomic E-state index is 12.3. The lowest BCUT2D eigenvalue weighted by atomic mass is 9.76. The molecule has 1 unspecified atom stereocenters. The van der Waals surface area contributed by atoms with Gasteiger partial charge in [-0.05, 0) is 29.7 Å². The number of carbonyl (C=O) groups is 2. The minimum Gasteiger partial charge on any atom is -0.480 e. The van der Waals surface area contributed by atoms with Crippen LogP contribution in [0.2, 0.25) is 0 Å². The van der Waals surface area contributed by atoms with Gasteiger partial charge in [-0.3, -0.25) is 0 Å². The number of likely N-dealkylation sites (tertiary alicyclic amines) is 1. The predicted molar refractivity (Wildman–Crippen MR) is 77.7 cm³/mol. The summed E-state index contributed by atoms with van der Waals surface area (Å²) in [5.74, 6) is -0.930. The van der Waals surface area contributed by atoms with Gasteiger partial charge in [0.2, 0.25) is 0 Å². The zero-order chi connectivity index (χ0) is 14.8. The number of carbonyl (C=O) groups excluding carboxylic acids is 1. The molecule has 0 bridgehead atoms. The van der Waals surface area contributed by atoms with Crippen LogP contribution in [0.3, 0.4) is 0 Å². The number of thiophene rings is 1. The summed E-state index contributed by atoms with van der Waals surface area (Å²) in [5.41, 5.74) is -0.398. The second-order valence-electron chi connectivity index (χ2n) is 5.76. The molecule has 0 spiro atoms. The molecule has 1 aliphatic rings. The van der Waals surface area contributed by atoms with E-state index >= 15 is 0 Å². The van der Waals surface area contributed by atoms with Crippen LogP contribution in [0.5, 0.6) is 0 Å². The summed E-state index contributed by atoms with van der Waals surface area (Å²) in [5, 5.41) is 14.2. The lowest BCUT2D eigenvalue weighted by molar-refractivity contribution is -0.148. The number of nitrogens with zero attached hydrogens (tertiary/aromatic N) is 1. The highest BCUT2D eigenvalue weighted by Crippen LogP contribution is 2.35. The zero-order valence-electron chi connectivity index (χ0n) is 11.8. The monoisotopic (exact) mass is 296 g/mol. The fourth-order valence-corrected chi connectivity index (χ4v) is 3.40. The molecule has 6 heteroatoms. The minimum atomic E-state index is -0.930. The van der Waals surface area contributed by atoms with Crippen molar-refractivity contribution in [1.29, 1.82) is 0 Å². The standard InChI is InChI=1S/C14H20N2O3S/c1-14(2)6-4-7-16(11(14)12(17)18)13(19)15-9-10-5-3-8-20-10/h3,5,8,11H,4,6-7,9H2,1-2H3,(H,15,19)(H,17,18). The zero-order valence-corrected chi connectivity index (χ0v) is 12.6. The van der Waals surface area contributed by atoms with Crippen LogP contribution in [0.15, 0.2) is 17.5 Å². The summed E-state index contributed by atoms with van der Waals surface area (Å²) in [6.07, 6.45) is 1.65. The Morgan fingerprint density at radius 2 is 2.30 bits per heavy atom. The van der Waals surface area contributed by atoms with Gasteiger partial charge in [0.1, 0.15) is 6.04 Å². The van der Waals surface area contributed by atoms with Crippen molar-refractivity contribution in [3.8, 4) is 0 Å². The molecule has 1 aromatic heterocycles. The van der Waals surface area contributed by atoms with Crippen LogP contribution in [-0.2, 0) is 11.3 Å². The first-order valence-electron chi connectivity index (χ1n) is 6.71. The molecule has 0 radical (unpaired) electrons. The second-order valence-corrected chi connectivity index (χ2v) is 6.80. The van der Waals surface area contributed by atoms with Gasteiger partial charge in [-0.2, -0.15) is 0 Å². The van der Waals surface area contributed by atoms with Crippen molar-refractivity contribution >= 4 is 23.3 Å². The Kier molecular flexibility index (Phi) is 4.32. The Balaban J connectivity index is 2.04. The van der Waals surface area contributed by atoms with Gasteiger partial charge in [0.15, 0.2) is 0 Å². The van der Waals surface area contributed by atoms with E-state index in [0.29, 0.717) is 13.1 Å². The highest BCUT2D eigenvalue weighted by atomic mass is 32.1. The average Bonchev–Trinajstić information content (AvgIpc) is 2.86. The van der Waals surface area contributed by atoms with E-state index in [1.807, 2.05) is 31.4 Å². The van der Waals surface area contributed by atoms with Crippen LogP contribution >= 0.6 is 11.3 Å². The molecule has 2 amide bonds. The summed E-state index contributed by atoms with van der Waals surface area (Å²) < 4.78 is 0. The summed E-state index contributed by atoms with van der Waals surface area (Å²) in [6, 6.07) is 2.81. The number of piperidine rings is 1. The molecular formula is C14H20N2O3S. The first kappa shape index (κ1) is 14.8. The van der Waals surface area contributed by atoms with Crippen LogP contribution in [0.1, 0.15) is 31.6 Å². The van der Waals surface area contributed by atoms with E-state index in [2.05, 4.69) is 5.32 Å². The van der Waals surface area contributed by atoms with Crippen molar-refractivity contribution in [2.24, 2.45) is 5.41 Å². The molecular weight excluding hydrogens is 276 g/mol. The molecule has 20 heavy (non-hydrogen) atoms. The van der Waals surface area contributed by atoms with Gasteiger partial charge in [0.25, 0.3) is 0 Å². The number of amides is 2. The number of urea groups is 1. The third-order valence-corrected chi connectivity index (χ3v) is 4.64. The highest BCUT2D eigenvalue weighted by molar-refractivity contribution is 7.09. The molecule has 2 N–H and O–H groups in total. The Morgan fingerprint density at radius 3 is 2.90 bits per heavy atom. The van der Waals surface area contributed by atoms with Crippen molar-refractivity contribution in [3.05, 3.63) is 22.4 Å². The number of carboxylic acid groups (broad SMARTS) is 1. The molecule has 1 fully saturated rings. The molecule has 0 aromatic carbocycles. The summed E-state index contributed by atoms with van der Waals surface area (Å²) in [7, 11) is 0. The van der Waals surface area contributed by atoms with Gasteiger partial charge >= 0.3 is 12.0 Å². The average molecular weight is 296 g/mol. The first-order chi connectivity index (χ1) is 9.42. The quantitative estimate of drug-likeness (QED) is 0.900. The molecule has 1 aliphatic heterocycles. The van der Waals surface area contributed by atoms with Crippen molar-refractivity contribution in [3.63, 3.8) is 0 Å². The van der Waals surface area contributed by atoms with Crippen molar-refractivity contribution < 1.29 is 14.7 Å². The molecule has 5 nitrogen and oxygen atoms in total. The summed E-state index contributed by atoms with van der Waals surface area (Å²) in [4.78, 5) is 26.3. The lowest BCUT2D eigenvalue weighted by Gasteiger charge is -2.43. The Morgan fingerprint density at radius 1 is 1.55 bits per heavy atom. The third kappa shape index (κ3) is 3.12. The molecule has 2 heterocycles. The SMILES string of the molecule is CC1(C)CCCN(C(=O)NCc2cccs2)C1C(=O)O. The van der Waals surface area contributed by atoms with Crippen LogP contribution in [0.25, 0.3) is 0 Å². The van der Waals surface area contributed by atoms with E-state index in [9.17, 15) is 14.7 Å². The van der Waals surface area contributed by atoms with E-state index in [-0.39, 0.29) is 6.03 Å². The number of hydrogen-bond donors (Lipinski definition) is 2. The first-order valence-corrected chi connectivity index (χ1v) is 7.59. The number of aliphatic carboxylic acids is 1. The van der Waals surface area contributed by atoms with Crippen LogP contribution in [-0.4, -0.2) is 34.6 Å². The lowest BCUT2D eigenvalue weighted by Crippen LogP contribution is -2.58. The molecule has 0 saturated carbocycles. The largest absolute Gasteiger partial charge is 0.480 e. The van der Waals surface area contributed by atoms with Gasteiger partial charge in [-0.15, -0.1) is 11.3 Å². The molecule has 1 saturated heterocycles. The van der Waals surface area contributed by atoms with Crippen LogP contribution in [0, 0.1) is 5.41 Å². The van der Waals surface area contributed by atoms with E-state index in [4.69, 9.17) is 0 Å². The number of hydrogen-bond acceptors (Lipinski definition) is 3. The maximum atomic E-state index is 12.3. The topological polar surface area (TPSA) is 69.6 Å². The summed E-state index contributed by atoms with van der Waals surface area (Å²) in [6.45, 7) is 4.76. The van der Waals surface area contributed by atoms with Crippen LogP contribution in [0.4, 0.5) is 4.79 Å². The van der Waals surface area contributed by atoms with Gasteiger partial charge < -0.3 is 15.3 Å². The van der Waals surface area contributed by atoms with Gasteiger partial charge in [-0.25, -0.2) is 9.59 Å². The number of rotatable bonds is 3. The fraction of sp³-hybridized carbons (Fsp3) is 0.571. The van der Waals surface area contributed by atoms with E-state index in [0.717, 1.165) is 17.7 Å². The maximum Gasteiger partial charge on any atom is 0.327 e. The van der Waals surface area contributed by atoms with Crippen LogP contribution < -0.4 is 5.32 Å². The Bertz CT molecular complexity index is 485. The van der Waals surface area contributed by atoms with Crippen molar-refractivity contribution in [2.75, 3.05) is 6.54 Å². The second kappa shape index (κ2) is 5.83. The molecule has 1 atom stereocenters. The van der Waals surface area contributed by atoms with Gasteiger partial charge in [0, 0.05) is 11.4 Å². The normalized spacial score (nSPS) is 21.5. The Hall–Kier alpha value is -1.56. The third-order valence-electron chi connectivity index (χ3n) is 3.76. The molecule has 2 rings (SSSR count).